The highest BCUT2D eigenvalue weighted by molar-refractivity contribution is 6.17. The largest absolute Gasteiger partial charge is 0.309 e. The second-order valence-corrected chi connectivity index (χ2v) is 14.1. The van der Waals surface area contributed by atoms with Crippen molar-refractivity contribution in [2.75, 3.05) is 4.90 Å². The van der Waals surface area contributed by atoms with Gasteiger partial charge in [0, 0.05) is 27.6 Å². The van der Waals surface area contributed by atoms with Gasteiger partial charge in [-0.15, -0.1) is 0 Å². The lowest BCUT2D eigenvalue weighted by Gasteiger charge is -2.29. The topological polar surface area (TPSA) is 8.17 Å². The van der Waals surface area contributed by atoms with E-state index in [1.165, 1.54) is 49.7 Å². The number of nitrogens with zero attached hydrogens (tertiary/aromatic N) is 2. The Kier molecular flexibility index (Phi) is 8.55. The zero-order valence-electron chi connectivity index (χ0n) is 30.8. The molecule has 0 unspecified atom stereocenters. The number of aromatic nitrogens is 1. The van der Waals surface area contributed by atoms with Crippen LogP contribution < -0.4 is 4.90 Å². The van der Waals surface area contributed by atoms with Crippen molar-refractivity contribution in [1.29, 1.82) is 0 Å². The van der Waals surface area contributed by atoms with Crippen molar-refractivity contribution in [3.63, 3.8) is 0 Å². The summed E-state index contributed by atoms with van der Waals surface area (Å²) in [6, 6.07) is 83.0. The Morgan fingerprint density at radius 3 is 1.41 bits per heavy atom. The van der Waals surface area contributed by atoms with Gasteiger partial charge in [-0.05, 0) is 75.8 Å². The van der Waals surface area contributed by atoms with E-state index in [1.807, 2.05) is 0 Å². The molecule has 1 aromatic heterocycles. The van der Waals surface area contributed by atoms with E-state index in [0.717, 1.165) is 39.4 Å². The van der Waals surface area contributed by atoms with Crippen LogP contribution in [0, 0.1) is 0 Å². The maximum absolute atomic E-state index is 2.46. The second-order valence-electron chi connectivity index (χ2n) is 14.1. The van der Waals surface area contributed by atoms with E-state index in [2.05, 4.69) is 240 Å². The molecule has 0 fully saturated rings. The van der Waals surface area contributed by atoms with Crippen LogP contribution in [-0.2, 0) is 0 Å². The van der Waals surface area contributed by atoms with Crippen LogP contribution in [0.3, 0.4) is 0 Å². The minimum atomic E-state index is 1.09. The number of hydrogen-bond donors (Lipinski definition) is 0. The number of hydrogen-bond acceptors (Lipinski definition) is 1. The highest BCUT2D eigenvalue weighted by Gasteiger charge is 2.24. The van der Waals surface area contributed by atoms with Gasteiger partial charge < -0.3 is 9.47 Å². The molecule has 2 nitrogen and oxygen atoms in total. The molecule has 10 rings (SSSR count). The third kappa shape index (κ3) is 5.95. The standard InChI is InChI=1S/C54H38N2/c1-4-17-39(18-5-1)41-31-33-44(34-32-41)47-24-10-13-26-49(47)55(45-37-35-42(36-38-45)40-19-6-2-7-20-40)52-29-16-30-53-54(52)48-25-12-15-28-51(48)56(53)50-27-14-11-23-46(50)43-21-8-3-9-22-43/h1-38H. The fourth-order valence-electron chi connectivity index (χ4n) is 8.20. The van der Waals surface area contributed by atoms with E-state index in [9.17, 15) is 0 Å². The Hall–Kier alpha value is -7.42. The first-order valence-electron chi connectivity index (χ1n) is 19.2. The van der Waals surface area contributed by atoms with Gasteiger partial charge in [0.1, 0.15) is 0 Å². The molecule has 0 saturated carbocycles. The van der Waals surface area contributed by atoms with Crippen LogP contribution in [0.2, 0.25) is 0 Å². The number of anilines is 3. The van der Waals surface area contributed by atoms with Gasteiger partial charge in [0.05, 0.1) is 28.1 Å². The first kappa shape index (κ1) is 33.2. The second kappa shape index (κ2) is 14.4. The van der Waals surface area contributed by atoms with Crippen molar-refractivity contribution < 1.29 is 0 Å². The number of rotatable bonds is 8. The molecule has 0 amide bonds. The molecule has 9 aromatic carbocycles. The molecule has 0 saturated heterocycles. The summed E-state index contributed by atoms with van der Waals surface area (Å²) in [6.07, 6.45) is 0. The van der Waals surface area contributed by atoms with Crippen molar-refractivity contribution >= 4 is 38.9 Å². The van der Waals surface area contributed by atoms with E-state index in [1.54, 1.807) is 0 Å². The van der Waals surface area contributed by atoms with E-state index in [4.69, 9.17) is 0 Å². The van der Waals surface area contributed by atoms with Gasteiger partial charge in [-0.3, -0.25) is 0 Å². The average molecular weight is 715 g/mol. The molecule has 264 valence electrons. The van der Waals surface area contributed by atoms with E-state index >= 15 is 0 Å². The lowest BCUT2D eigenvalue weighted by Crippen LogP contribution is -2.11. The summed E-state index contributed by atoms with van der Waals surface area (Å²) in [5.41, 5.74) is 16.3. The summed E-state index contributed by atoms with van der Waals surface area (Å²) in [6.45, 7) is 0. The van der Waals surface area contributed by atoms with Gasteiger partial charge in [0.2, 0.25) is 0 Å². The molecule has 0 radical (unpaired) electrons. The van der Waals surface area contributed by atoms with E-state index < -0.39 is 0 Å². The minimum Gasteiger partial charge on any atom is -0.309 e. The van der Waals surface area contributed by atoms with Gasteiger partial charge in [0.25, 0.3) is 0 Å². The molecule has 10 aromatic rings. The maximum Gasteiger partial charge on any atom is 0.0562 e. The molecule has 0 bridgehead atoms. The SMILES string of the molecule is c1ccc(-c2ccc(-c3ccccc3N(c3ccc(-c4ccccc4)cc3)c3cccc4c3c3ccccc3n4-c3ccccc3-c3ccccc3)cc2)cc1. The Morgan fingerprint density at radius 2 is 0.732 bits per heavy atom. The molecular weight excluding hydrogens is 677 g/mol. The molecule has 0 atom stereocenters. The molecule has 2 heteroatoms. The van der Waals surface area contributed by atoms with Crippen molar-refractivity contribution in [2.24, 2.45) is 0 Å². The predicted molar refractivity (Wildman–Crippen MR) is 237 cm³/mol. The van der Waals surface area contributed by atoms with Crippen LogP contribution in [0.1, 0.15) is 0 Å². The number of fused-ring (bicyclic) bond motifs is 3. The lowest BCUT2D eigenvalue weighted by atomic mass is 9.97. The van der Waals surface area contributed by atoms with Crippen molar-refractivity contribution in [1.82, 2.24) is 4.57 Å². The first-order chi connectivity index (χ1) is 27.8. The van der Waals surface area contributed by atoms with Crippen LogP contribution >= 0.6 is 0 Å². The van der Waals surface area contributed by atoms with Gasteiger partial charge >= 0.3 is 0 Å². The highest BCUT2D eigenvalue weighted by Crippen LogP contribution is 2.47. The monoisotopic (exact) mass is 714 g/mol. The molecule has 0 aliphatic heterocycles. The van der Waals surface area contributed by atoms with Crippen LogP contribution in [0.15, 0.2) is 231 Å². The molecule has 0 spiro atoms. The van der Waals surface area contributed by atoms with Gasteiger partial charge in [-0.2, -0.15) is 0 Å². The zero-order valence-corrected chi connectivity index (χ0v) is 30.8. The summed E-state index contributed by atoms with van der Waals surface area (Å²) >= 11 is 0. The Labute approximate surface area is 327 Å². The molecular formula is C54H38N2. The van der Waals surface area contributed by atoms with Crippen LogP contribution in [-0.4, -0.2) is 4.57 Å². The van der Waals surface area contributed by atoms with E-state index in [0.29, 0.717) is 0 Å². The fraction of sp³-hybridized carbons (Fsp3) is 0. The van der Waals surface area contributed by atoms with Crippen LogP contribution in [0.4, 0.5) is 17.1 Å². The van der Waals surface area contributed by atoms with Gasteiger partial charge in [-0.25, -0.2) is 0 Å². The molecule has 0 N–H and O–H groups in total. The highest BCUT2D eigenvalue weighted by atomic mass is 15.2. The Morgan fingerprint density at radius 1 is 0.286 bits per heavy atom. The first-order valence-corrected chi connectivity index (χ1v) is 19.2. The van der Waals surface area contributed by atoms with Crippen molar-refractivity contribution in [2.45, 2.75) is 0 Å². The molecule has 56 heavy (non-hydrogen) atoms. The molecule has 1 heterocycles. The lowest BCUT2D eigenvalue weighted by molar-refractivity contribution is 1.18. The van der Waals surface area contributed by atoms with E-state index in [-0.39, 0.29) is 0 Å². The summed E-state index contributed by atoms with van der Waals surface area (Å²) in [5.74, 6) is 0. The summed E-state index contributed by atoms with van der Waals surface area (Å²) in [4.78, 5) is 2.46. The van der Waals surface area contributed by atoms with Gasteiger partial charge in [0.15, 0.2) is 0 Å². The predicted octanol–water partition coefficient (Wildman–Crippen LogP) is 14.9. The Bertz CT molecular complexity index is 2930. The molecule has 0 aliphatic rings. The average Bonchev–Trinajstić information content (AvgIpc) is 3.63. The molecule has 0 aliphatic carbocycles. The third-order valence-corrected chi connectivity index (χ3v) is 10.8. The normalized spacial score (nSPS) is 11.2. The van der Waals surface area contributed by atoms with Gasteiger partial charge in [-0.1, -0.05) is 188 Å². The number of benzene rings is 9. The van der Waals surface area contributed by atoms with Crippen molar-refractivity contribution in [3.8, 4) is 50.2 Å². The zero-order chi connectivity index (χ0) is 37.3. The minimum absolute atomic E-state index is 1.09. The summed E-state index contributed by atoms with van der Waals surface area (Å²) < 4.78 is 2.45. The summed E-state index contributed by atoms with van der Waals surface area (Å²) in [5, 5.41) is 2.41. The Balaban J connectivity index is 1.21. The maximum atomic E-state index is 2.46. The quantitative estimate of drug-likeness (QED) is 0.152. The fourth-order valence-corrected chi connectivity index (χ4v) is 8.20. The van der Waals surface area contributed by atoms with Crippen molar-refractivity contribution in [3.05, 3.63) is 231 Å². The smallest absolute Gasteiger partial charge is 0.0562 e. The summed E-state index contributed by atoms with van der Waals surface area (Å²) in [7, 11) is 0. The number of para-hydroxylation sites is 3. The van der Waals surface area contributed by atoms with Crippen LogP contribution in [0.5, 0.6) is 0 Å². The van der Waals surface area contributed by atoms with Crippen LogP contribution in [0.25, 0.3) is 72.0 Å². The third-order valence-electron chi connectivity index (χ3n) is 10.8.